The zero-order chi connectivity index (χ0) is 13.8. The van der Waals surface area contributed by atoms with Crippen LogP contribution in [0.1, 0.15) is 58.3 Å². The van der Waals surface area contributed by atoms with E-state index in [1.54, 1.807) is 0 Å². The van der Waals surface area contributed by atoms with E-state index in [4.69, 9.17) is 4.74 Å². The Morgan fingerprint density at radius 2 is 1.95 bits per heavy atom. The maximum atomic E-state index is 5.53. The Kier molecular flexibility index (Phi) is 5.00. The smallest absolute Gasteiger partial charge is 0.0469 e. The lowest BCUT2D eigenvalue weighted by molar-refractivity contribution is 0.0204. The Bertz CT molecular complexity index is 295. The fourth-order valence-corrected chi connectivity index (χ4v) is 4.52. The molecule has 0 aromatic carbocycles. The molecular weight excluding hydrogens is 248 g/mol. The van der Waals surface area contributed by atoms with E-state index in [2.05, 4.69) is 17.1 Å². The van der Waals surface area contributed by atoms with Gasteiger partial charge in [0.1, 0.15) is 0 Å². The van der Waals surface area contributed by atoms with Crippen LogP contribution in [0.3, 0.4) is 0 Å². The SMILES string of the molecule is CCCC1CNC2(CCCC2)CN1CC1CCOCC1. The van der Waals surface area contributed by atoms with Crippen LogP contribution in [0.4, 0.5) is 0 Å². The lowest BCUT2D eigenvalue weighted by Gasteiger charge is -2.48. The Balaban J connectivity index is 1.61. The quantitative estimate of drug-likeness (QED) is 0.857. The van der Waals surface area contributed by atoms with E-state index in [1.807, 2.05) is 0 Å². The molecule has 3 aliphatic rings. The van der Waals surface area contributed by atoms with Crippen molar-refractivity contribution in [3.05, 3.63) is 0 Å². The molecule has 3 fully saturated rings. The van der Waals surface area contributed by atoms with Crippen molar-refractivity contribution in [2.75, 3.05) is 32.8 Å². The summed E-state index contributed by atoms with van der Waals surface area (Å²) in [6, 6.07) is 0.772. The normalized spacial score (nSPS) is 31.9. The van der Waals surface area contributed by atoms with Crippen LogP contribution >= 0.6 is 0 Å². The Labute approximate surface area is 124 Å². The molecule has 3 heteroatoms. The highest BCUT2D eigenvalue weighted by Gasteiger charge is 2.41. The van der Waals surface area contributed by atoms with E-state index in [9.17, 15) is 0 Å². The molecule has 3 nitrogen and oxygen atoms in total. The number of piperazine rings is 1. The number of ether oxygens (including phenoxy) is 1. The summed E-state index contributed by atoms with van der Waals surface area (Å²) in [5.74, 6) is 0.875. The maximum Gasteiger partial charge on any atom is 0.0469 e. The summed E-state index contributed by atoms with van der Waals surface area (Å²) >= 11 is 0. The molecule has 1 saturated carbocycles. The van der Waals surface area contributed by atoms with Gasteiger partial charge in [-0.3, -0.25) is 4.90 Å². The molecule has 0 radical (unpaired) electrons. The number of nitrogens with one attached hydrogen (secondary N) is 1. The van der Waals surface area contributed by atoms with Gasteiger partial charge in [0.2, 0.25) is 0 Å². The van der Waals surface area contributed by atoms with Gasteiger partial charge in [-0.05, 0) is 38.0 Å². The van der Waals surface area contributed by atoms with Gasteiger partial charge in [-0.15, -0.1) is 0 Å². The van der Waals surface area contributed by atoms with Crippen LogP contribution in [-0.4, -0.2) is 49.3 Å². The van der Waals surface area contributed by atoms with E-state index in [0.29, 0.717) is 5.54 Å². The van der Waals surface area contributed by atoms with Crippen LogP contribution in [0.15, 0.2) is 0 Å². The molecule has 0 bridgehead atoms. The molecule has 1 aliphatic carbocycles. The highest BCUT2D eigenvalue weighted by Crippen LogP contribution is 2.34. The monoisotopic (exact) mass is 280 g/mol. The third-order valence-electron chi connectivity index (χ3n) is 5.75. The minimum Gasteiger partial charge on any atom is -0.381 e. The van der Waals surface area contributed by atoms with Gasteiger partial charge in [0.15, 0.2) is 0 Å². The van der Waals surface area contributed by atoms with Gasteiger partial charge in [0.25, 0.3) is 0 Å². The molecule has 1 N–H and O–H groups in total. The average molecular weight is 280 g/mol. The predicted octanol–water partition coefficient (Wildman–Crippen LogP) is 2.80. The second-order valence-corrected chi connectivity index (χ2v) is 7.30. The van der Waals surface area contributed by atoms with E-state index < -0.39 is 0 Å². The number of rotatable bonds is 4. The van der Waals surface area contributed by atoms with Crippen LogP contribution in [-0.2, 0) is 4.74 Å². The van der Waals surface area contributed by atoms with Crippen molar-refractivity contribution in [1.29, 1.82) is 0 Å². The molecule has 2 saturated heterocycles. The fourth-order valence-electron chi connectivity index (χ4n) is 4.52. The topological polar surface area (TPSA) is 24.5 Å². The van der Waals surface area contributed by atoms with Gasteiger partial charge >= 0.3 is 0 Å². The lowest BCUT2D eigenvalue weighted by Crippen LogP contribution is -2.63. The average Bonchev–Trinajstić information content (AvgIpc) is 2.92. The Morgan fingerprint density at radius 1 is 1.20 bits per heavy atom. The summed E-state index contributed by atoms with van der Waals surface area (Å²) < 4.78 is 5.53. The predicted molar refractivity (Wildman–Crippen MR) is 83.0 cm³/mol. The second-order valence-electron chi connectivity index (χ2n) is 7.30. The molecular formula is C17H32N2O. The summed E-state index contributed by atoms with van der Waals surface area (Å²) in [6.45, 7) is 8.14. The first-order valence-corrected chi connectivity index (χ1v) is 8.88. The van der Waals surface area contributed by atoms with E-state index >= 15 is 0 Å². The Hall–Kier alpha value is -0.120. The van der Waals surface area contributed by atoms with Gasteiger partial charge in [-0.2, -0.15) is 0 Å². The van der Waals surface area contributed by atoms with Crippen LogP contribution in [0, 0.1) is 5.92 Å². The Morgan fingerprint density at radius 3 is 2.65 bits per heavy atom. The fraction of sp³-hybridized carbons (Fsp3) is 1.00. The molecule has 2 heterocycles. The highest BCUT2D eigenvalue weighted by atomic mass is 16.5. The molecule has 2 aliphatic heterocycles. The first kappa shape index (κ1) is 14.8. The van der Waals surface area contributed by atoms with Crippen molar-refractivity contribution >= 4 is 0 Å². The minimum atomic E-state index is 0.468. The second kappa shape index (κ2) is 6.76. The zero-order valence-corrected chi connectivity index (χ0v) is 13.2. The first-order chi connectivity index (χ1) is 9.81. The van der Waals surface area contributed by atoms with Gasteiger partial charge in [0, 0.05) is 44.4 Å². The van der Waals surface area contributed by atoms with Gasteiger partial charge < -0.3 is 10.1 Å². The summed E-state index contributed by atoms with van der Waals surface area (Å²) in [6.07, 6.45) is 10.9. The standard InChI is InChI=1S/C17H32N2O/c1-2-5-16-12-18-17(8-3-4-9-17)14-19(16)13-15-6-10-20-11-7-15/h15-16,18H,2-14H2,1H3. The van der Waals surface area contributed by atoms with Crippen molar-refractivity contribution in [2.24, 2.45) is 5.92 Å². The van der Waals surface area contributed by atoms with E-state index in [0.717, 1.165) is 25.2 Å². The zero-order valence-electron chi connectivity index (χ0n) is 13.2. The molecule has 0 aromatic heterocycles. The lowest BCUT2D eigenvalue weighted by atomic mass is 9.89. The molecule has 3 rings (SSSR count). The minimum absolute atomic E-state index is 0.468. The van der Waals surface area contributed by atoms with Crippen molar-refractivity contribution in [1.82, 2.24) is 10.2 Å². The molecule has 20 heavy (non-hydrogen) atoms. The van der Waals surface area contributed by atoms with Gasteiger partial charge in [0.05, 0.1) is 0 Å². The van der Waals surface area contributed by atoms with Crippen LogP contribution in [0.25, 0.3) is 0 Å². The first-order valence-electron chi connectivity index (χ1n) is 8.88. The summed E-state index contributed by atoms with van der Waals surface area (Å²) in [5.41, 5.74) is 0.468. The van der Waals surface area contributed by atoms with Crippen molar-refractivity contribution in [3.63, 3.8) is 0 Å². The molecule has 0 amide bonds. The largest absolute Gasteiger partial charge is 0.381 e. The van der Waals surface area contributed by atoms with Gasteiger partial charge in [-0.25, -0.2) is 0 Å². The van der Waals surface area contributed by atoms with Crippen molar-refractivity contribution < 1.29 is 4.74 Å². The molecule has 0 aromatic rings. The van der Waals surface area contributed by atoms with E-state index in [1.165, 1.54) is 71.0 Å². The van der Waals surface area contributed by atoms with Crippen LogP contribution < -0.4 is 5.32 Å². The molecule has 1 unspecified atom stereocenters. The third-order valence-corrected chi connectivity index (χ3v) is 5.75. The van der Waals surface area contributed by atoms with E-state index in [-0.39, 0.29) is 0 Å². The number of hydrogen-bond acceptors (Lipinski definition) is 3. The molecule has 1 spiro atoms. The highest BCUT2D eigenvalue weighted by molar-refractivity contribution is 5.01. The number of hydrogen-bond donors (Lipinski definition) is 1. The van der Waals surface area contributed by atoms with Gasteiger partial charge in [-0.1, -0.05) is 26.2 Å². The molecule has 116 valence electrons. The van der Waals surface area contributed by atoms with Crippen molar-refractivity contribution in [3.8, 4) is 0 Å². The van der Waals surface area contributed by atoms with Crippen LogP contribution in [0.2, 0.25) is 0 Å². The number of nitrogens with zero attached hydrogens (tertiary/aromatic N) is 1. The summed E-state index contributed by atoms with van der Waals surface area (Å²) in [7, 11) is 0. The maximum absolute atomic E-state index is 5.53. The third kappa shape index (κ3) is 3.37. The molecule has 1 atom stereocenters. The van der Waals surface area contributed by atoms with Crippen LogP contribution in [0.5, 0.6) is 0 Å². The summed E-state index contributed by atoms with van der Waals surface area (Å²) in [5, 5.41) is 3.93. The van der Waals surface area contributed by atoms with Crippen molar-refractivity contribution in [2.45, 2.75) is 69.9 Å². The summed E-state index contributed by atoms with van der Waals surface area (Å²) in [4.78, 5) is 2.85.